The van der Waals surface area contributed by atoms with Crippen molar-refractivity contribution >= 4 is 21.7 Å². The lowest BCUT2D eigenvalue weighted by molar-refractivity contribution is -0.0395. The molecule has 0 radical (unpaired) electrons. The van der Waals surface area contributed by atoms with Crippen molar-refractivity contribution in [3.63, 3.8) is 0 Å². The number of aryl methyl sites for hydroxylation is 1. The normalized spacial score (nSPS) is 21.7. The van der Waals surface area contributed by atoms with E-state index in [-0.39, 0.29) is 0 Å². The second-order valence-electron chi connectivity index (χ2n) is 6.38. The van der Waals surface area contributed by atoms with Crippen LogP contribution in [0, 0.1) is 6.92 Å². The van der Waals surface area contributed by atoms with E-state index in [9.17, 15) is 0 Å². The predicted molar refractivity (Wildman–Crippen MR) is 89.9 cm³/mol. The van der Waals surface area contributed by atoms with Crippen LogP contribution in [-0.2, 0) is 4.74 Å². The van der Waals surface area contributed by atoms with Crippen LogP contribution in [0.2, 0.25) is 0 Å². The Labute approximate surface area is 136 Å². The van der Waals surface area contributed by atoms with Gasteiger partial charge in [-0.25, -0.2) is 4.98 Å². The van der Waals surface area contributed by atoms with E-state index < -0.39 is 0 Å². The van der Waals surface area contributed by atoms with Gasteiger partial charge in [0, 0.05) is 23.8 Å². The van der Waals surface area contributed by atoms with Gasteiger partial charge in [-0.3, -0.25) is 0 Å². The van der Waals surface area contributed by atoms with E-state index in [1.165, 1.54) is 37.7 Å². The first kappa shape index (κ1) is 15.3. The lowest BCUT2D eigenvalue weighted by Crippen LogP contribution is -2.39. The van der Waals surface area contributed by atoms with Gasteiger partial charge in [-0.15, -0.1) is 0 Å². The van der Waals surface area contributed by atoms with Crippen LogP contribution < -0.4 is 4.90 Å². The van der Waals surface area contributed by atoms with Gasteiger partial charge >= 0.3 is 0 Å². The minimum absolute atomic E-state index is 0.458. The molecule has 3 rings (SSSR count). The summed E-state index contributed by atoms with van der Waals surface area (Å²) in [5.41, 5.74) is 1.25. The molecule has 116 valence electrons. The largest absolute Gasteiger partial charge is 0.375 e. The zero-order valence-electron chi connectivity index (χ0n) is 12.9. The lowest BCUT2D eigenvalue weighted by Gasteiger charge is -2.36. The molecule has 1 aliphatic carbocycles. The molecule has 0 aromatic carbocycles. The summed E-state index contributed by atoms with van der Waals surface area (Å²) in [6.45, 7) is 4.26. The molecule has 3 nitrogen and oxygen atoms in total. The molecule has 0 amide bonds. The van der Waals surface area contributed by atoms with E-state index in [0.29, 0.717) is 12.2 Å². The molecular weight excluding hydrogens is 328 g/mol. The predicted octanol–water partition coefficient (Wildman–Crippen LogP) is 4.47. The second-order valence-corrected chi connectivity index (χ2v) is 7.29. The van der Waals surface area contributed by atoms with E-state index in [1.54, 1.807) is 0 Å². The fraction of sp³-hybridized carbons (Fsp3) is 0.706. The molecule has 1 saturated heterocycles. The SMILES string of the molecule is Cc1cc(Br)cnc1N1CCC(OC2CCCCC2)CC1. The summed E-state index contributed by atoms with van der Waals surface area (Å²) in [5.74, 6) is 1.13. The highest BCUT2D eigenvalue weighted by atomic mass is 79.9. The summed E-state index contributed by atoms with van der Waals surface area (Å²) in [4.78, 5) is 6.99. The smallest absolute Gasteiger partial charge is 0.131 e. The van der Waals surface area contributed by atoms with Crippen LogP contribution in [0.5, 0.6) is 0 Å². The molecule has 0 spiro atoms. The van der Waals surface area contributed by atoms with E-state index in [1.807, 2.05) is 6.20 Å². The van der Waals surface area contributed by atoms with Crippen molar-refractivity contribution < 1.29 is 4.74 Å². The molecular formula is C17H25BrN2O. The van der Waals surface area contributed by atoms with Gasteiger partial charge in [0.05, 0.1) is 12.2 Å². The van der Waals surface area contributed by atoms with Crippen molar-refractivity contribution in [2.24, 2.45) is 0 Å². The third kappa shape index (κ3) is 3.98. The third-order valence-corrected chi connectivity index (χ3v) is 5.13. The third-order valence-electron chi connectivity index (χ3n) is 4.70. The number of nitrogens with zero attached hydrogens (tertiary/aromatic N) is 2. The number of hydrogen-bond acceptors (Lipinski definition) is 3. The molecule has 1 aromatic rings. The van der Waals surface area contributed by atoms with Crippen LogP contribution in [0.1, 0.15) is 50.5 Å². The second kappa shape index (κ2) is 7.10. The molecule has 2 heterocycles. The minimum Gasteiger partial charge on any atom is -0.375 e. The Morgan fingerprint density at radius 2 is 1.76 bits per heavy atom. The Balaban J connectivity index is 1.52. The maximum Gasteiger partial charge on any atom is 0.131 e. The zero-order valence-corrected chi connectivity index (χ0v) is 14.4. The van der Waals surface area contributed by atoms with Crippen LogP contribution in [0.3, 0.4) is 0 Å². The molecule has 2 aliphatic rings. The Kier molecular flexibility index (Phi) is 5.17. The zero-order chi connectivity index (χ0) is 14.7. The monoisotopic (exact) mass is 352 g/mol. The standard InChI is InChI=1S/C17H25BrN2O/c1-13-11-14(18)12-19-17(13)20-9-7-16(8-10-20)21-15-5-3-2-4-6-15/h11-12,15-16H,2-10H2,1H3. The van der Waals surface area contributed by atoms with Gasteiger partial charge in [-0.2, -0.15) is 0 Å². The van der Waals surface area contributed by atoms with Crippen LogP contribution >= 0.6 is 15.9 Å². The first-order valence-electron chi connectivity index (χ1n) is 8.25. The average Bonchev–Trinajstić information content (AvgIpc) is 2.49. The fourth-order valence-corrected chi connectivity index (χ4v) is 3.99. The van der Waals surface area contributed by atoms with Crippen LogP contribution in [0.25, 0.3) is 0 Å². The molecule has 0 N–H and O–H groups in total. The summed E-state index contributed by atoms with van der Waals surface area (Å²) in [7, 11) is 0. The van der Waals surface area contributed by atoms with E-state index in [2.05, 4.69) is 38.8 Å². The topological polar surface area (TPSA) is 25.4 Å². The van der Waals surface area contributed by atoms with Crippen LogP contribution in [0.15, 0.2) is 16.7 Å². The molecule has 21 heavy (non-hydrogen) atoms. The van der Waals surface area contributed by atoms with Gasteiger partial charge in [0.15, 0.2) is 0 Å². The lowest BCUT2D eigenvalue weighted by atomic mass is 9.97. The number of piperidine rings is 1. The van der Waals surface area contributed by atoms with Crippen molar-refractivity contribution in [1.29, 1.82) is 0 Å². The maximum absolute atomic E-state index is 6.31. The number of hydrogen-bond donors (Lipinski definition) is 0. The van der Waals surface area contributed by atoms with Crippen LogP contribution in [0.4, 0.5) is 5.82 Å². The Morgan fingerprint density at radius 3 is 2.43 bits per heavy atom. The average molecular weight is 353 g/mol. The van der Waals surface area contributed by atoms with Crippen molar-refractivity contribution in [2.75, 3.05) is 18.0 Å². The summed E-state index contributed by atoms with van der Waals surface area (Å²) in [6.07, 6.45) is 11.8. The summed E-state index contributed by atoms with van der Waals surface area (Å²) in [6, 6.07) is 2.15. The Bertz CT molecular complexity index is 466. The number of rotatable bonds is 3. The summed E-state index contributed by atoms with van der Waals surface area (Å²) >= 11 is 3.48. The molecule has 0 bridgehead atoms. The van der Waals surface area contributed by atoms with Gasteiger partial charge in [0.1, 0.15) is 5.82 Å². The highest BCUT2D eigenvalue weighted by molar-refractivity contribution is 9.10. The van der Waals surface area contributed by atoms with Gasteiger partial charge in [-0.1, -0.05) is 19.3 Å². The molecule has 1 aliphatic heterocycles. The number of anilines is 1. The Hall–Kier alpha value is -0.610. The number of pyridine rings is 1. The first-order valence-corrected chi connectivity index (χ1v) is 9.04. The highest BCUT2D eigenvalue weighted by Crippen LogP contribution is 2.27. The molecule has 0 atom stereocenters. The Morgan fingerprint density at radius 1 is 1.10 bits per heavy atom. The van der Waals surface area contributed by atoms with Gasteiger partial charge in [0.2, 0.25) is 0 Å². The number of halogens is 1. The molecule has 0 unspecified atom stereocenters. The molecule has 4 heteroatoms. The van der Waals surface area contributed by atoms with Gasteiger partial charge < -0.3 is 9.64 Å². The summed E-state index contributed by atoms with van der Waals surface area (Å²) < 4.78 is 7.37. The van der Waals surface area contributed by atoms with Gasteiger partial charge in [-0.05, 0) is 60.2 Å². The fourth-order valence-electron chi connectivity index (χ4n) is 3.54. The first-order chi connectivity index (χ1) is 10.2. The minimum atomic E-state index is 0.458. The van der Waals surface area contributed by atoms with Crippen molar-refractivity contribution in [1.82, 2.24) is 4.98 Å². The highest BCUT2D eigenvalue weighted by Gasteiger charge is 2.25. The van der Waals surface area contributed by atoms with Crippen LogP contribution in [-0.4, -0.2) is 30.3 Å². The van der Waals surface area contributed by atoms with Crippen molar-refractivity contribution in [3.8, 4) is 0 Å². The maximum atomic E-state index is 6.31. The number of ether oxygens (including phenoxy) is 1. The van der Waals surface area contributed by atoms with Gasteiger partial charge in [0.25, 0.3) is 0 Å². The molecule has 2 fully saturated rings. The van der Waals surface area contributed by atoms with E-state index in [4.69, 9.17) is 4.74 Å². The quantitative estimate of drug-likeness (QED) is 0.802. The summed E-state index contributed by atoms with van der Waals surface area (Å²) in [5, 5.41) is 0. The number of aromatic nitrogens is 1. The van der Waals surface area contributed by atoms with Crippen molar-refractivity contribution in [2.45, 2.75) is 64.1 Å². The van der Waals surface area contributed by atoms with Crippen molar-refractivity contribution in [3.05, 3.63) is 22.3 Å². The molecule has 1 aromatic heterocycles. The van der Waals surface area contributed by atoms with E-state index >= 15 is 0 Å². The van der Waals surface area contributed by atoms with E-state index in [0.717, 1.165) is 36.2 Å². The molecule has 1 saturated carbocycles.